The molecule has 0 saturated heterocycles. The minimum absolute atomic E-state index is 0.0818. The fourth-order valence-electron chi connectivity index (χ4n) is 2.77. The molecule has 2 rings (SSSR count). The minimum atomic E-state index is -0.800. The second kappa shape index (κ2) is 6.70. The molecule has 0 spiro atoms. The SMILES string of the molecule is CC(Cc1ccccc1F)C(=O)N[C@@H]1CC[C@H](C(=O)O)C1. The summed E-state index contributed by atoms with van der Waals surface area (Å²) in [7, 11) is 0. The van der Waals surface area contributed by atoms with Crippen molar-refractivity contribution in [3.8, 4) is 0 Å². The second-order valence-electron chi connectivity index (χ2n) is 5.75. The molecule has 114 valence electrons. The van der Waals surface area contributed by atoms with Crippen LogP contribution in [0, 0.1) is 17.7 Å². The van der Waals surface area contributed by atoms with Crippen LogP contribution < -0.4 is 5.32 Å². The average molecular weight is 293 g/mol. The van der Waals surface area contributed by atoms with Crippen LogP contribution in [0.25, 0.3) is 0 Å². The van der Waals surface area contributed by atoms with Gasteiger partial charge in [0, 0.05) is 12.0 Å². The van der Waals surface area contributed by atoms with Crippen LogP contribution in [0.2, 0.25) is 0 Å². The number of benzene rings is 1. The van der Waals surface area contributed by atoms with Gasteiger partial charge in [-0.1, -0.05) is 25.1 Å². The summed E-state index contributed by atoms with van der Waals surface area (Å²) in [6.07, 6.45) is 2.11. The quantitative estimate of drug-likeness (QED) is 0.876. The number of amides is 1. The fraction of sp³-hybridized carbons (Fsp3) is 0.500. The molecule has 4 nitrogen and oxygen atoms in total. The first kappa shape index (κ1) is 15.5. The highest BCUT2D eigenvalue weighted by atomic mass is 19.1. The minimum Gasteiger partial charge on any atom is -0.481 e. The number of rotatable bonds is 5. The van der Waals surface area contributed by atoms with Gasteiger partial charge in [-0.3, -0.25) is 9.59 Å². The van der Waals surface area contributed by atoms with E-state index in [0.29, 0.717) is 31.2 Å². The molecule has 1 aliphatic rings. The molecular weight excluding hydrogens is 273 g/mol. The monoisotopic (exact) mass is 293 g/mol. The Balaban J connectivity index is 1.86. The van der Waals surface area contributed by atoms with Crippen molar-refractivity contribution in [3.63, 3.8) is 0 Å². The lowest BCUT2D eigenvalue weighted by atomic mass is 9.99. The lowest BCUT2D eigenvalue weighted by molar-refractivity contribution is -0.141. The number of hydrogen-bond donors (Lipinski definition) is 2. The van der Waals surface area contributed by atoms with Crippen LogP contribution in [0.15, 0.2) is 24.3 Å². The molecule has 1 aliphatic carbocycles. The Bertz CT molecular complexity index is 532. The van der Waals surface area contributed by atoms with Gasteiger partial charge in [0.05, 0.1) is 5.92 Å². The van der Waals surface area contributed by atoms with E-state index in [2.05, 4.69) is 5.32 Å². The van der Waals surface area contributed by atoms with Gasteiger partial charge in [0.1, 0.15) is 5.82 Å². The second-order valence-corrected chi connectivity index (χ2v) is 5.75. The van der Waals surface area contributed by atoms with E-state index < -0.39 is 5.97 Å². The molecule has 1 aromatic rings. The van der Waals surface area contributed by atoms with Crippen molar-refractivity contribution < 1.29 is 19.1 Å². The van der Waals surface area contributed by atoms with E-state index in [0.717, 1.165) is 0 Å². The lowest BCUT2D eigenvalue weighted by Gasteiger charge is -2.17. The molecule has 21 heavy (non-hydrogen) atoms. The topological polar surface area (TPSA) is 66.4 Å². The van der Waals surface area contributed by atoms with Crippen molar-refractivity contribution in [1.82, 2.24) is 5.32 Å². The molecule has 1 aromatic carbocycles. The van der Waals surface area contributed by atoms with Gasteiger partial charge in [-0.2, -0.15) is 0 Å². The van der Waals surface area contributed by atoms with Crippen LogP contribution in [-0.4, -0.2) is 23.0 Å². The van der Waals surface area contributed by atoms with Gasteiger partial charge in [0.2, 0.25) is 5.91 Å². The number of halogens is 1. The summed E-state index contributed by atoms with van der Waals surface area (Å²) in [5, 5.41) is 11.8. The Kier molecular flexibility index (Phi) is 4.94. The third-order valence-corrected chi connectivity index (χ3v) is 4.06. The van der Waals surface area contributed by atoms with Crippen molar-refractivity contribution in [1.29, 1.82) is 0 Å². The molecular formula is C16H20FNO3. The van der Waals surface area contributed by atoms with E-state index in [1.807, 2.05) is 0 Å². The molecule has 0 heterocycles. The Labute approximate surface area is 123 Å². The molecule has 1 fully saturated rings. The van der Waals surface area contributed by atoms with Crippen LogP contribution in [0.5, 0.6) is 0 Å². The van der Waals surface area contributed by atoms with E-state index >= 15 is 0 Å². The molecule has 1 unspecified atom stereocenters. The molecule has 0 bridgehead atoms. The fourth-order valence-corrected chi connectivity index (χ4v) is 2.77. The number of aliphatic carboxylic acids is 1. The highest BCUT2D eigenvalue weighted by molar-refractivity contribution is 5.79. The number of nitrogens with one attached hydrogen (secondary N) is 1. The normalized spacial score (nSPS) is 22.8. The van der Waals surface area contributed by atoms with Crippen LogP contribution >= 0.6 is 0 Å². The summed E-state index contributed by atoms with van der Waals surface area (Å²) in [5.41, 5.74) is 0.523. The first-order valence-electron chi connectivity index (χ1n) is 7.24. The van der Waals surface area contributed by atoms with Gasteiger partial charge >= 0.3 is 5.97 Å². The molecule has 0 aromatic heterocycles. The molecule has 0 radical (unpaired) electrons. The van der Waals surface area contributed by atoms with Gasteiger partial charge in [-0.15, -0.1) is 0 Å². The van der Waals surface area contributed by atoms with Crippen molar-refractivity contribution in [2.45, 2.75) is 38.6 Å². The molecule has 1 amide bonds. The van der Waals surface area contributed by atoms with Crippen LogP contribution in [-0.2, 0) is 16.0 Å². The average Bonchev–Trinajstić information content (AvgIpc) is 2.90. The van der Waals surface area contributed by atoms with Gasteiger partial charge in [-0.05, 0) is 37.3 Å². The number of carboxylic acids is 1. The largest absolute Gasteiger partial charge is 0.481 e. The third kappa shape index (κ3) is 4.03. The summed E-state index contributed by atoms with van der Waals surface area (Å²) in [6, 6.07) is 6.34. The molecule has 2 N–H and O–H groups in total. The first-order chi connectivity index (χ1) is 9.97. The highest BCUT2D eigenvalue weighted by Gasteiger charge is 2.31. The maximum absolute atomic E-state index is 13.6. The Morgan fingerprint density at radius 3 is 2.71 bits per heavy atom. The lowest BCUT2D eigenvalue weighted by Crippen LogP contribution is -2.37. The molecule has 1 saturated carbocycles. The van der Waals surface area contributed by atoms with E-state index in [1.54, 1.807) is 25.1 Å². The van der Waals surface area contributed by atoms with Crippen molar-refractivity contribution in [3.05, 3.63) is 35.6 Å². The Hall–Kier alpha value is -1.91. The number of carbonyl (C=O) groups excluding carboxylic acids is 1. The maximum Gasteiger partial charge on any atom is 0.306 e. The predicted molar refractivity (Wildman–Crippen MR) is 76.2 cm³/mol. The number of carbonyl (C=O) groups is 2. The Morgan fingerprint density at radius 2 is 2.10 bits per heavy atom. The third-order valence-electron chi connectivity index (χ3n) is 4.06. The summed E-state index contributed by atoms with van der Waals surface area (Å²) in [4.78, 5) is 23.0. The zero-order chi connectivity index (χ0) is 15.4. The van der Waals surface area contributed by atoms with Crippen LogP contribution in [0.3, 0.4) is 0 Å². The van der Waals surface area contributed by atoms with Gasteiger partial charge in [0.25, 0.3) is 0 Å². The summed E-state index contributed by atoms with van der Waals surface area (Å²) < 4.78 is 13.6. The van der Waals surface area contributed by atoms with Crippen molar-refractivity contribution in [2.24, 2.45) is 11.8 Å². The smallest absolute Gasteiger partial charge is 0.306 e. The van der Waals surface area contributed by atoms with Crippen molar-refractivity contribution >= 4 is 11.9 Å². The molecule has 0 aliphatic heterocycles. The van der Waals surface area contributed by atoms with Crippen molar-refractivity contribution in [2.75, 3.05) is 0 Å². The van der Waals surface area contributed by atoms with Crippen LogP contribution in [0.1, 0.15) is 31.7 Å². The summed E-state index contributed by atoms with van der Waals surface area (Å²) >= 11 is 0. The van der Waals surface area contributed by atoms with Crippen LogP contribution in [0.4, 0.5) is 4.39 Å². The predicted octanol–water partition coefficient (Wildman–Crippen LogP) is 2.37. The number of carboxylic acid groups (broad SMARTS) is 1. The Morgan fingerprint density at radius 1 is 1.38 bits per heavy atom. The zero-order valence-electron chi connectivity index (χ0n) is 12.0. The van der Waals surface area contributed by atoms with Gasteiger partial charge < -0.3 is 10.4 Å². The maximum atomic E-state index is 13.6. The van der Waals surface area contributed by atoms with Gasteiger partial charge in [0.15, 0.2) is 0 Å². The summed E-state index contributed by atoms with van der Waals surface area (Å²) in [5.74, 6) is -1.95. The van der Waals surface area contributed by atoms with Gasteiger partial charge in [-0.25, -0.2) is 4.39 Å². The van der Waals surface area contributed by atoms with E-state index in [9.17, 15) is 14.0 Å². The first-order valence-corrected chi connectivity index (χ1v) is 7.24. The van der Waals surface area contributed by atoms with E-state index in [4.69, 9.17) is 5.11 Å². The highest BCUT2D eigenvalue weighted by Crippen LogP contribution is 2.26. The van der Waals surface area contributed by atoms with E-state index in [1.165, 1.54) is 6.07 Å². The summed E-state index contributed by atoms with van der Waals surface area (Å²) in [6.45, 7) is 1.76. The standard InChI is InChI=1S/C16H20FNO3/c1-10(8-11-4-2-3-5-14(11)17)15(19)18-13-7-6-12(9-13)16(20)21/h2-5,10,12-13H,6-9H2,1H3,(H,18,19)(H,20,21)/t10?,12-,13+/m0/s1. The molecule has 3 atom stereocenters. The van der Waals surface area contributed by atoms with E-state index in [-0.39, 0.29) is 29.6 Å². The number of hydrogen-bond acceptors (Lipinski definition) is 2. The molecule has 5 heteroatoms. The zero-order valence-corrected chi connectivity index (χ0v) is 12.0.